The van der Waals surface area contributed by atoms with E-state index in [1.807, 2.05) is 19.9 Å². The van der Waals surface area contributed by atoms with Crippen LogP contribution >= 0.6 is 0 Å². The molecule has 0 amide bonds. The number of nitrogens with zero attached hydrogens (tertiary/aromatic N) is 1. The first-order chi connectivity index (χ1) is 8.49. The van der Waals surface area contributed by atoms with Gasteiger partial charge in [0.2, 0.25) is 5.88 Å². The summed E-state index contributed by atoms with van der Waals surface area (Å²) in [5.74, 6) is 1.50. The second-order valence-electron chi connectivity index (χ2n) is 4.65. The van der Waals surface area contributed by atoms with Gasteiger partial charge in [-0.25, -0.2) is 4.98 Å². The van der Waals surface area contributed by atoms with Crippen LogP contribution < -0.4 is 10.5 Å². The van der Waals surface area contributed by atoms with Crippen LogP contribution in [-0.2, 0) is 0 Å². The Hall–Kier alpha value is -2.03. The molecule has 0 bridgehead atoms. The van der Waals surface area contributed by atoms with E-state index in [1.165, 1.54) is 5.56 Å². The molecule has 2 N–H and O–H groups in total. The van der Waals surface area contributed by atoms with Crippen molar-refractivity contribution in [3.8, 4) is 11.6 Å². The molecule has 0 aliphatic carbocycles. The second-order valence-corrected chi connectivity index (χ2v) is 4.65. The number of benzene rings is 1. The van der Waals surface area contributed by atoms with Gasteiger partial charge in [0, 0.05) is 5.56 Å². The Bertz CT molecular complexity index is 591. The number of nitrogens with two attached hydrogens (primary N) is 1. The molecular weight excluding hydrogens is 224 g/mol. The van der Waals surface area contributed by atoms with Gasteiger partial charge in [-0.15, -0.1) is 0 Å². The van der Waals surface area contributed by atoms with Gasteiger partial charge in [0.25, 0.3) is 0 Å². The Morgan fingerprint density at radius 2 is 1.67 bits per heavy atom. The Kier molecular flexibility index (Phi) is 3.24. The van der Waals surface area contributed by atoms with Crippen LogP contribution in [0, 0.1) is 27.7 Å². The topological polar surface area (TPSA) is 48.1 Å². The molecule has 0 unspecified atom stereocenters. The maximum atomic E-state index is 5.94. The van der Waals surface area contributed by atoms with Crippen molar-refractivity contribution in [1.29, 1.82) is 0 Å². The first kappa shape index (κ1) is 12.4. The van der Waals surface area contributed by atoms with Crippen LogP contribution in [0.1, 0.15) is 22.3 Å². The highest BCUT2D eigenvalue weighted by atomic mass is 16.5. The molecule has 1 aromatic heterocycles. The van der Waals surface area contributed by atoms with E-state index in [2.05, 4.69) is 31.0 Å². The van der Waals surface area contributed by atoms with E-state index in [0.29, 0.717) is 11.6 Å². The molecule has 0 radical (unpaired) electrons. The summed E-state index contributed by atoms with van der Waals surface area (Å²) in [5, 5.41) is 0. The van der Waals surface area contributed by atoms with E-state index < -0.39 is 0 Å². The van der Waals surface area contributed by atoms with Crippen molar-refractivity contribution in [2.45, 2.75) is 27.7 Å². The quantitative estimate of drug-likeness (QED) is 0.873. The third-order valence-corrected chi connectivity index (χ3v) is 3.12. The smallest absolute Gasteiger partial charge is 0.222 e. The van der Waals surface area contributed by atoms with E-state index in [9.17, 15) is 0 Å². The molecular formula is C15H18N2O. The molecule has 0 atom stereocenters. The van der Waals surface area contributed by atoms with Gasteiger partial charge in [-0.3, -0.25) is 0 Å². The molecule has 0 aliphatic heterocycles. The Balaban J connectivity index is 2.43. The van der Waals surface area contributed by atoms with Crippen LogP contribution in [0.2, 0.25) is 0 Å². The number of ether oxygens (including phenoxy) is 1. The zero-order chi connectivity index (χ0) is 13.3. The Morgan fingerprint density at radius 1 is 1.00 bits per heavy atom. The van der Waals surface area contributed by atoms with Crippen molar-refractivity contribution in [2.75, 3.05) is 5.73 Å². The normalized spacial score (nSPS) is 10.4. The fourth-order valence-corrected chi connectivity index (χ4v) is 1.87. The summed E-state index contributed by atoms with van der Waals surface area (Å²) in [5.41, 5.74) is 10.7. The molecule has 18 heavy (non-hydrogen) atoms. The average molecular weight is 242 g/mol. The van der Waals surface area contributed by atoms with Gasteiger partial charge in [-0.2, -0.15) is 0 Å². The van der Waals surface area contributed by atoms with E-state index in [-0.39, 0.29) is 0 Å². The van der Waals surface area contributed by atoms with Crippen LogP contribution in [-0.4, -0.2) is 4.98 Å². The standard InChI is InChI=1S/C15H18N2O/c1-9-5-6-10(2)14(12(9)4)18-15-11(3)7-13(16)8-17-15/h5-8H,16H2,1-4H3. The second kappa shape index (κ2) is 4.69. The fraction of sp³-hybridized carbons (Fsp3) is 0.267. The number of pyridine rings is 1. The number of aryl methyl sites for hydroxylation is 3. The van der Waals surface area contributed by atoms with Crippen molar-refractivity contribution in [1.82, 2.24) is 4.98 Å². The minimum Gasteiger partial charge on any atom is -0.438 e. The summed E-state index contributed by atoms with van der Waals surface area (Å²) >= 11 is 0. The predicted octanol–water partition coefficient (Wildman–Crippen LogP) is 3.69. The minimum atomic E-state index is 0.612. The molecule has 3 heteroatoms. The highest BCUT2D eigenvalue weighted by molar-refractivity contribution is 5.48. The van der Waals surface area contributed by atoms with Crippen LogP contribution in [0.15, 0.2) is 24.4 Å². The Labute approximate surface area is 108 Å². The lowest BCUT2D eigenvalue weighted by Crippen LogP contribution is -1.98. The van der Waals surface area contributed by atoms with Gasteiger partial charge in [0.05, 0.1) is 11.9 Å². The molecule has 3 nitrogen and oxygen atoms in total. The van der Waals surface area contributed by atoms with Crippen LogP contribution in [0.5, 0.6) is 11.6 Å². The molecule has 1 heterocycles. The van der Waals surface area contributed by atoms with Gasteiger partial charge in [-0.05, 0) is 50.5 Å². The third kappa shape index (κ3) is 2.30. The molecule has 0 saturated carbocycles. The molecule has 2 aromatic rings. The zero-order valence-electron chi connectivity index (χ0n) is 11.2. The van der Waals surface area contributed by atoms with Crippen LogP contribution in [0.25, 0.3) is 0 Å². The molecule has 0 fully saturated rings. The third-order valence-electron chi connectivity index (χ3n) is 3.12. The highest BCUT2D eigenvalue weighted by Gasteiger charge is 2.10. The molecule has 94 valence electrons. The van der Waals surface area contributed by atoms with Crippen LogP contribution in [0.4, 0.5) is 5.69 Å². The van der Waals surface area contributed by atoms with Gasteiger partial charge >= 0.3 is 0 Å². The Morgan fingerprint density at radius 3 is 2.33 bits per heavy atom. The summed E-state index contributed by atoms with van der Waals surface area (Å²) in [7, 11) is 0. The SMILES string of the molecule is Cc1cc(N)cnc1Oc1c(C)ccc(C)c1C. The molecule has 0 spiro atoms. The van der Waals surface area contributed by atoms with Gasteiger partial charge in [0.15, 0.2) is 0 Å². The van der Waals surface area contributed by atoms with Crippen molar-refractivity contribution in [3.05, 3.63) is 46.6 Å². The van der Waals surface area contributed by atoms with Crippen molar-refractivity contribution in [2.24, 2.45) is 0 Å². The predicted molar refractivity (Wildman–Crippen MR) is 74.1 cm³/mol. The van der Waals surface area contributed by atoms with Gasteiger partial charge in [0.1, 0.15) is 5.75 Å². The van der Waals surface area contributed by atoms with Gasteiger partial charge < -0.3 is 10.5 Å². The monoisotopic (exact) mass is 242 g/mol. The molecule has 2 rings (SSSR count). The number of hydrogen-bond acceptors (Lipinski definition) is 3. The number of aromatic nitrogens is 1. The van der Waals surface area contributed by atoms with Crippen LogP contribution in [0.3, 0.4) is 0 Å². The summed E-state index contributed by atoms with van der Waals surface area (Å²) in [4.78, 5) is 4.24. The van der Waals surface area contributed by atoms with Crippen molar-refractivity contribution >= 4 is 5.69 Å². The zero-order valence-corrected chi connectivity index (χ0v) is 11.2. The number of rotatable bonds is 2. The van der Waals surface area contributed by atoms with E-state index in [1.54, 1.807) is 6.20 Å². The van der Waals surface area contributed by atoms with E-state index in [4.69, 9.17) is 10.5 Å². The summed E-state index contributed by atoms with van der Waals surface area (Å²) in [6.45, 7) is 8.11. The molecule has 0 saturated heterocycles. The average Bonchev–Trinajstić information content (AvgIpc) is 2.32. The van der Waals surface area contributed by atoms with Crippen molar-refractivity contribution in [3.63, 3.8) is 0 Å². The molecule has 1 aromatic carbocycles. The maximum absolute atomic E-state index is 5.94. The minimum absolute atomic E-state index is 0.612. The fourth-order valence-electron chi connectivity index (χ4n) is 1.87. The lowest BCUT2D eigenvalue weighted by atomic mass is 10.1. The number of hydrogen-bond donors (Lipinski definition) is 1. The summed E-state index contributed by atoms with van der Waals surface area (Å²) in [6.07, 6.45) is 1.61. The maximum Gasteiger partial charge on any atom is 0.222 e. The first-order valence-electron chi connectivity index (χ1n) is 5.96. The summed E-state index contributed by atoms with van der Waals surface area (Å²) in [6, 6.07) is 6.02. The largest absolute Gasteiger partial charge is 0.438 e. The number of anilines is 1. The van der Waals surface area contributed by atoms with Crippen molar-refractivity contribution < 1.29 is 4.74 Å². The lowest BCUT2D eigenvalue weighted by molar-refractivity contribution is 0.452. The van der Waals surface area contributed by atoms with E-state index >= 15 is 0 Å². The van der Waals surface area contributed by atoms with Gasteiger partial charge in [-0.1, -0.05) is 12.1 Å². The highest BCUT2D eigenvalue weighted by Crippen LogP contribution is 2.31. The summed E-state index contributed by atoms with van der Waals surface area (Å²) < 4.78 is 5.94. The lowest BCUT2D eigenvalue weighted by Gasteiger charge is -2.14. The van der Waals surface area contributed by atoms with E-state index in [0.717, 1.165) is 22.4 Å². The first-order valence-corrected chi connectivity index (χ1v) is 5.96. The number of nitrogen functional groups attached to an aromatic ring is 1. The molecule has 0 aliphatic rings.